The quantitative estimate of drug-likeness (QED) is 0.545. The van der Waals surface area contributed by atoms with Gasteiger partial charge < -0.3 is 15.4 Å². The van der Waals surface area contributed by atoms with E-state index in [1.54, 1.807) is 11.3 Å². The number of ether oxygens (including phenoxy) is 1. The molecule has 1 fully saturated rings. The van der Waals surface area contributed by atoms with Crippen molar-refractivity contribution in [2.24, 2.45) is 4.99 Å². The van der Waals surface area contributed by atoms with Gasteiger partial charge in [-0.15, -0.1) is 11.3 Å². The lowest BCUT2D eigenvalue weighted by Gasteiger charge is -2.26. The van der Waals surface area contributed by atoms with E-state index in [1.165, 1.54) is 9.18 Å². The average molecular weight is 361 g/mol. The van der Waals surface area contributed by atoms with Crippen LogP contribution < -0.4 is 10.6 Å². The van der Waals surface area contributed by atoms with Crippen LogP contribution >= 0.6 is 11.3 Å². The fraction of sp³-hybridized carbons (Fsp3) is 0.643. The van der Waals surface area contributed by atoms with Crippen molar-refractivity contribution in [1.29, 1.82) is 0 Å². The molecule has 23 heavy (non-hydrogen) atoms. The van der Waals surface area contributed by atoms with Crippen molar-refractivity contribution in [3.05, 3.63) is 22.4 Å². The normalized spacial score (nSPS) is 17.2. The van der Waals surface area contributed by atoms with Gasteiger partial charge in [-0.1, -0.05) is 6.07 Å². The first kappa shape index (κ1) is 18.2. The number of nitrogens with one attached hydrogen (secondary N) is 2. The van der Waals surface area contributed by atoms with Gasteiger partial charge in [0, 0.05) is 31.1 Å². The van der Waals surface area contributed by atoms with E-state index in [0.717, 1.165) is 6.54 Å². The lowest BCUT2D eigenvalue weighted by molar-refractivity contribution is 0.0730. The lowest BCUT2D eigenvalue weighted by Crippen LogP contribution is -2.45. The summed E-state index contributed by atoms with van der Waals surface area (Å²) in [7, 11) is -3.24. The van der Waals surface area contributed by atoms with Crippen LogP contribution in [-0.2, 0) is 21.3 Å². The Bertz CT molecular complexity index is 581. The average Bonchev–Trinajstić information content (AvgIpc) is 3.07. The maximum absolute atomic E-state index is 12.2. The summed E-state index contributed by atoms with van der Waals surface area (Å²) in [5.74, 6) is 0.689. The molecule has 7 nitrogen and oxygen atoms in total. The summed E-state index contributed by atoms with van der Waals surface area (Å²) in [4.78, 5) is 5.63. The Kier molecular flexibility index (Phi) is 7.28. The van der Waals surface area contributed by atoms with Crippen molar-refractivity contribution >= 4 is 27.3 Å². The molecule has 1 aliphatic heterocycles. The monoisotopic (exact) mass is 360 g/mol. The molecule has 0 spiro atoms. The van der Waals surface area contributed by atoms with Gasteiger partial charge in [0.25, 0.3) is 0 Å². The number of rotatable bonds is 7. The number of aliphatic imine (C=N–C) groups is 1. The van der Waals surface area contributed by atoms with Gasteiger partial charge in [0.1, 0.15) is 0 Å². The third-order valence-corrected chi connectivity index (χ3v) is 6.07. The Morgan fingerprint density at radius 2 is 2.17 bits per heavy atom. The number of sulfonamides is 1. The highest BCUT2D eigenvalue weighted by Gasteiger charge is 2.23. The Morgan fingerprint density at radius 1 is 1.39 bits per heavy atom. The van der Waals surface area contributed by atoms with E-state index < -0.39 is 10.0 Å². The summed E-state index contributed by atoms with van der Waals surface area (Å²) in [6.45, 7) is 5.44. The largest absolute Gasteiger partial charge is 0.379 e. The molecule has 1 aliphatic rings. The Balaban J connectivity index is 1.82. The molecule has 130 valence electrons. The zero-order valence-electron chi connectivity index (χ0n) is 13.3. The Hall–Kier alpha value is -1.16. The van der Waals surface area contributed by atoms with E-state index in [2.05, 4.69) is 15.6 Å². The lowest BCUT2D eigenvalue weighted by atomic mass is 10.5. The van der Waals surface area contributed by atoms with Gasteiger partial charge in [0.15, 0.2) is 5.96 Å². The first-order valence-electron chi connectivity index (χ1n) is 7.72. The SMILES string of the molecule is CCNC(=NCc1cccs1)NCCS(=O)(=O)N1CCOCC1. The second kappa shape index (κ2) is 9.21. The van der Waals surface area contributed by atoms with Crippen LogP contribution in [0.25, 0.3) is 0 Å². The molecule has 1 saturated heterocycles. The van der Waals surface area contributed by atoms with E-state index in [4.69, 9.17) is 4.74 Å². The van der Waals surface area contributed by atoms with Crippen LogP contribution in [0.2, 0.25) is 0 Å². The summed E-state index contributed by atoms with van der Waals surface area (Å²) in [5, 5.41) is 8.22. The maximum Gasteiger partial charge on any atom is 0.215 e. The van der Waals surface area contributed by atoms with Crippen LogP contribution in [0.1, 0.15) is 11.8 Å². The fourth-order valence-electron chi connectivity index (χ4n) is 2.15. The molecule has 1 aromatic heterocycles. The molecule has 0 bridgehead atoms. The highest BCUT2D eigenvalue weighted by atomic mass is 32.2. The highest BCUT2D eigenvalue weighted by Crippen LogP contribution is 2.09. The van der Waals surface area contributed by atoms with Crippen LogP contribution in [-0.4, -0.2) is 63.8 Å². The first-order chi connectivity index (χ1) is 11.1. The minimum atomic E-state index is -3.24. The third-order valence-electron chi connectivity index (χ3n) is 3.33. The summed E-state index contributed by atoms with van der Waals surface area (Å²) in [5.41, 5.74) is 0. The molecule has 0 unspecified atom stereocenters. The molecule has 0 saturated carbocycles. The van der Waals surface area contributed by atoms with Crippen LogP contribution in [0.3, 0.4) is 0 Å². The standard InChI is InChI=1S/C14H24N4O3S2/c1-2-15-14(17-12-13-4-3-10-22-13)16-5-11-23(19,20)18-6-8-21-9-7-18/h3-4,10H,2,5-9,11-12H2,1H3,(H2,15,16,17). The van der Waals surface area contributed by atoms with Crippen LogP contribution in [0, 0.1) is 0 Å². The molecule has 0 radical (unpaired) electrons. The molecule has 1 aromatic rings. The number of guanidine groups is 1. The number of hydrogen-bond donors (Lipinski definition) is 2. The summed E-state index contributed by atoms with van der Waals surface area (Å²) < 4.78 is 31.2. The molecule has 2 rings (SSSR count). The van der Waals surface area contributed by atoms with Gasteiger partial charge >= 0.3 is 0 Å². The van der Waals surface area contributed by atoms with Gasteiger partial charge in [0.05, 0.1) is 25.5 Å². The Morgan fingerprint density at radius 3 is 2.83 bits per heavy atom. The maximum atomic E-state index is 12.2. The molecule has 9 heteroatoms. The molecule has 0 aromatic carbocycles. The molecular formula is C14H24N4O3S2. The molecule has 2 heterocycles. The number of nitrogens with zero attached hydrogens (tertiary/aromatic N) is 2. The van der Waals surface area contributed by atoms with Crippen LogP contribution in [0.15, 0.2) is 22.5 Å². The van der Waals surface area contributed by atoms with Crippen LogP contribution in [0.5, 0.6) is 0 Å². The number of hydrogen-bond acceptors (Lipinski definition) is 5. The van der Waals surface area contributed by atoms with E-state index in [0.29, 0.717) is 45.4 Å². The summed E-state index contributed by atoms with van der Waals surface area (Å²) in [6.07, 6.45) is 0. The third kappa shape index (κ3) is 6.09. The van der Waals surface area contributed by atoms with E-state index in [1.807, 2.05) is 24.4 Å². The van der Waals surface area contributed by atoms with Crippen molar-refractivity contribution in [2.45, 2.75) is 13.5 Å². The summed E-state index contributed by atoms with van der Waals surface area (Å²) >= 11 is 1.65. The predicted molar refractivity (Wildman–Crippen MR) is 93.3 cm³/mol. The minimum absolute atomic E-state index is 0.0520. The second-order valence-corrected chi connectivity index (χ2v) is 8.15. The molecule has 0 amide bonds. The topological polar surface area (TPSA) is 83.0 Å². The van der Waals surface area contributed by atoms with Crippen molar-refractivity contribution in [3.8, 4) is 0 Å². The van der Waals surface area contributed by atoms with E-state index in [9.17, 15) is 8.42 Å². The number of morpholine rings is 1. The first-order valence-corrected chi connectivity index (χ1v) is 10.2. The van der Waals surface area contributed by atoms with Crippen molar-refractivity contribution < 1.29 is 13.2 Å². The Labute approximate surface area is 141 Å². The van der Waals surface area contributed by atoms with E-state index >= 15 is 0 Å². The van der Waals surface area contributed by atoms with Crippen LogP contribution in [0.4, 0.5) is 0 Å². The highest BCUT2D eigenvalue weighted by molar-refractivity contribution is 7.89. The van der Waals surface area contributed by atoms with Crippen molar-refractivity contribution in [2.75, 3.05) is 45.1 Å². The van der Waals surface area contributed by atoms with Gasteiger partial charge in [-0.25, -0.2) is 13.4 Å². The van der Waals surface area contributed by atoms with Gasteiger partial charge in [0.2, 0.25) is 10.0 Å². The van der Waals surface area contributed by atoms with Crippen molar-refractivity contribution in [3.63, 3.8) is 0 Å². The minimum Gasteiger partial charge on any atom is -0.379 e. The van der Waals surface area contributed by atoms with Gasteiger partial charge in [-0.2, -0.15) is 4.31 Å². The number of thiophene rings is 1. The molecule has 2 N–H and O–H groups in total. The van der Waals surface area contributed by atoms with Crippen molar-refractivity contribution in [1.82, 2.24) is 14.9 Å². The molecular weight excluding hydrogens is 336 g/mol. The van der Waals surface area contributed by atoms with E-state index in [-0.39, 0.29) is 5.75 Å². The fourth-order valence-corrected chi connectivity index (χ4v) is 4.11. The second-order valence-electron chi connectivity index (χ2n) is 5.03. The molecule has 0 atom stereocenters. The smallest absolute Gasteiger partial charge is 0.215 e. The van der Waals surface area contributed by atoms with Gasteiger partial charge in [-0.05, 0) is 18.4 Å². The molecule has 0 aliphatic carbocycles. The zero-order chi connectivity index (χ0) is 16.5. The summed E-state index contributed by atoms with van der Waals surface area (Å²) in [6, 6.07) is 4.02. The predicted octanol–water partition coefficient (Wildman–Crippen LogP) is 0.465. The zero-order valence-corrected chi connectivity index (χ0v) is 15.0. The van der Waals surface area contributed by atoms with Gasteiger partial charge in [-0.3, -0.25) is 0 Å².